The molecule has 8 nitrogen and oxygen atoms in total. The molecule has 1 aromatic carbocycles. The number of benzene rings is 1. The average Bonchev–Trinajstić information content (AvgIpc) is 2.68. The van der Waals surface area contributed by atoms with Crippen molar-refractivity contribution in [1.82, 2.24) is 10.6 Å². The first kappa shape index (κ1) is 22.9. The van der Waals surface area contributed by atoms with Crippen molar-refractivity contribution in [1.29, 1.82) is 0 Å². The Labute approximate surface area is 192 Å². The van der Waals surface area contributed by atoms with Crippen LogP contribution in [0.3, 0.4) is 0 Å². The number of carbonyl (C=O) groups excluding carboxylic acids is 3. The molecule has 2 bridgehead atoms. The van der Waals surface area contributed by atoms with Crippen LogP contribution in [0.5, 0.6) is 5.75 Å². The number of hydrogen-bond acceptors (Lipinski definition) is 6. The number of aliphatic hydroxyl groups is 1. The molecular formula is C23H29ClN2O6. The predicted molar refractivity (Wildman–Crippen MR) is 117 cm³/mol. The van der Waals surface area contributed by atoms with Gasteiger partial charge in [-0.3, -0.25) is 9.59 Å². The molecule has 5 rings (SSSR count). The SMILES string of the molecule is CC(C)(C)OC(=O)NC12CCC(NC(=O)[C@H]3CC(=O)c4cc(Cl)ccc4O3)(CC1)C[C@H]2O. The summed E-state index contributed by atoms with van der Waals surface area (Å²) in [6.07, 6.45) is 0.146. The van der Waals surface area contributed by atoms with Gasteiger partial charge in [0.05, 0.1) is 23.6 Å². The van der Waals surface area contributed by atoms with E-state index in [-0.39, 0.29) is 18.1 Å². The van der Waals surface area contributed by atoms with Gasteiger partial charge in [-0.2, -0.15) is 0 Å². The molecular weight excluding hydrogens is 436 g/mol. The topological polar surface area (TPSA) is 114 Å². The van der Waals surface area contributed by atoms with Crippen LogP contribution in [-0.4, -0.2) is 51.8 Å². The lowest BCUT2D eigenvalue weighted by Gasteiger charge is -2.56. The molecule has 3 saturated carbocycles. The van der Waals surface area contributed by atoms with Gasteiger partial charge in [0.15, 0.2) is 11.9 Å². The van der Waals surface area contributed by atoms with E-state index in [0.29, 0.717) is 48.4 Å². The minimum Gasteiger partial charge on any atom is -0.479 e. The third-order valence-corrected chi connectivity index (χ3v) is 6.87. The van der Waals surface area contributed by atoms with Gasteiger partial charge in [-0.25, -0.2) is 4.79 Å². The zero-order valence-electron chi connectivity index (χ0n) is 18.5. The minimum atomic E-state index is -0.934. The Morgan fingerprint density at radius 1 is 1.19 bits per heavy atom. The number of hydrogen-bond donors (Lipinski definition) is 3. The fraction of sp³-hybridized carbons (Fsp3) is 0.609. The molecule has 4 aliphatic rings. The van der Waals surface area contributed by atoms with Crippen LogP contribution in [-0.2, 0) is 9.53 Å². The summed E-state index contributed by atoms with van der Waals surface area (Å²) < 4.78 is 11.1. The third kappa shape index (κ3) is 4.43. The van der Waals surface area contributed by atoms with E-state index in [9.17, 15) is 19.5 Å². The first-order valence-corrected chi connectivity index (χ1v) is 11.3. The summed E-state index contributed by atoms with van der Waals surface area (Å²) >= 11 is 5.95. The van der Waals surface area contributed by atoms with E-state index in [1.807, 2.05) is 0 Å². The van der Waals surface area contributed by atoms with Crippen molar-refractivity contribution in [3.8, 4) is 5.75 Å². The Balaban J connectivity index is 1.40. The van der Waals surface area contributed by atoms with E-state index in [1.54, 1.807) is 39.0 Å². The summed E-state index contributed by atoms with van der Waals surface area (Å²) in [6, 6.07) is 4.75. The van der Waals surface area contributed by atoms with E-state index in [4.69, 9.17) is 21.1 Å². The average molecular weight is 465 g/mol. The largest absolute Gasteiger partial charge is 0.479 e. The number of alkyl carbamates (subject to hydrolysis) is 1. The fourth-order valence-electron chi connectivity index (χ4n) is 4.95. The standard InChI is InChI=1S/C23H29ClN2O6/c1-21(2,3)32-20(30)26-23-8-6-22(7-9-23,12-18(23)28)25-19(29)17-11-15(27)14-10-13(24)4-5-16(14)31-17/h4-5,10,17-18,28H,6-9,11-12H2,1-3H3,(H,25,29)(H,26,30)/t17-,18-,22?,23?/m1/s1. The first-order chi connectivity index (χ1) is 14.9. The number of aliphatic hydroxyl groups excluding tert-OH is 1. The van der Waals surface area contributed by atoms with Gasteiger partial charge in [-0.1, -0.05) is 11.6 Å². The predicted octanol–water partition coefficient (Wildman–Crippen LogP) is 3.13. The minimum absolute atomic E-state index is 0.0675. The molecule has 0 unspecified atom stereocenters. The second-order valence-electron chi connectivity index (χ2n) is 10.1. The zero-order valence-corrected chi connectivity index (χ0v) is 19.3. The smallest absolute Gasteiger partial charge is 0.408 e. The Morgan fingerprint density at radius 2 is 1.88 bits per heavy atom. The molecule has 1 aromatic rings. The molecule has 1 aliphatic heterocycles. The summed E-state index contributed by atoms with van der Waals surface area (Å²) in [4.78, 5) is 37.8. The summed E-state index contributed by atoms with van der Waals surface area (Å²) in [5, 5.41) is 17.2. The van der Waals surface area contributed by atoms with Crippen LogP contribution in [0.2, 0.25) is 5.02 Å². The molecule has 174 valence electrons. The lowest BCUT2D eigenvalue weighted by Crippen LogP contribution is -2.71. The Morgan fingerprint density at radius 3 is 2.50 bits per heavy atom. The Bertz CT molecular complexity index is 948. The summed E-state index contributed by atoms with van der Waals surface area (Å²) in [7, 11) is 0. The summed E-state index contributed by atoms with van der Waals surface area (Å²) in [6.45, 7) is 5.36. The number of rotatable bonds is 3. The maximum Gasteiger partial charge on any atom is 0.408 e. The number of nitrogens with one attached hydrogen (secondary N) is 2. The van der Waals surface area contributed by atoms with Crippen LogP contribution in [0.15, 0.2) is 18.2 Å². The third-order valence-electron chi connectivity index (χ3n) is 6.63. The Hall–Kier alpha value is -2.32. The van der Waals surface area contributed by atoms with Crippen molar-refractivity contribution < 1.29 is 29.0 Å². The number of carbonyl (C=O) groups is 3. The molecule has 0 saturated heterocycles. The molecule has 0 aromatic heterocycles. The number of ether oxygens (including phenoxy) is 2. The van der Waals surface area contributed by atoms with Gasteiger partial charge < -0.3 is 25.2 Å². The van der Waals surface area contributed by atoms with Gasteiger partial charge in [0, 0.05) is 10.6 Å². The van der Waals surface area contributed by atoms with Crippen LogP contribution in [0.4, 0.5) is 4.79 Å². The van der Waals surface area contributed by atoms with Crippen LogP contribution in [0, 0.1) is 0 Å². The number of ketones is 1. The molecule has 3 aliphatic carbocycles. The van der Waals surface area contributed by atoms with Crippen LogP contribution in [0.25, 0.3) is 0 Å². The quantitative estimate of drug-likeness (QED) is 0.633. The molecule has 2 atom stereocenters. The maximum atomic E-state index is 13.0. The van der Waals surface area contributed by atoms with Gasteiger partial charge in [0.2, 0.25) is 0 Å². The van der Waals surface area contributed by atoms with Crippen molar-refractivity contribution in [2.75, 3.05) is 0 Å². The highest BCUT2D eigenvalue weighted by Gasteiger charge is 2.56. The molecule has 0 spiro atoms. The highest BCUT2D eigenvalue weighted by atomic mass is 35.5. The van der Waals surface area contributed by atoms with Crippen molar-refractivity contribution in [3.05, 3.63) is 28.8 Å². The van der Waals surface area contributed by atoms with Gasteiger partial charge in [0.1, 0.15) is 11.4 Å². The summed E-state index contributed by atoms with van der Waals surface area (Å²) in [5.41, 5.74) is -1.61. The number of Topliss-reactive ketones (excluding diaryl/α,β-unsaturated/α-hetero) is 1. The molecule has 0 radical (unpaired) electrons. The van der Waals surface area contributed by atoms with Gasteiger partial charge in [-0.05, 0) is 71.1 Å². The number of fused-ring (bicyclic) bond motifs is 4. The maximum absolute atomic E-state index is 13.0. The van der Waals surface area contributed by atoms with Gasteiger partial charge in [0.25, 0.3) is 5.91 Å². The second-order valence-corrected chi connectivity index (χ2v) is 10.6. The van der Waals surface area contributed by atoms with Crippen molar-refractivity contribution in [2.45, 2.75) is 88.2 Å². The number of amides is 2. The molecule has 32 heavy (non-hydrogen) atoms. The van der Waals surface area contributed by atoms with Crippen LogP contribution < -0.4 is 15.4 Å². The lowest BCUT2D eigenvalue weighted by molar-refractivity contribution is -0.134. The number of halogens is 1. The normalized spacial score (nSPS) is 31.3. The van der Waals surface area contributed by atoms with Crippen molar-refractivity contribution >= 4 is 29.4 Å². The molecule has 1 heterocycles. The first-order valence-electron chi connectivity index (χ1n) is 10.9. The Kier molecular flexibility index (Phi) is 5.66. The van der Waals surface area contributed by atoms with Gasteiger partial charge in [-0.15, -0.1) is 0 Å². The van der Waals surface area contributed by atoms with Crippen LogP contribution >= 0.6 is 11.6 Å². The monoisotopic (exact) mass is 464 g/mol. The molecule has 3 fully saturated rings. The van der Waals surface area contributed by atoms with Crippen molar-refractivity contribution in [3.63, 3.8) is 0 Å². The van der Waals surface area contributed by atoms with E-state index in [0.717, 1.165) is 0 Å². The van der Waals surface area contributed by atoms with Crippen LogP contribution in [0.1, 0.15) is 69.7 Å². The summed E-state index contributed by atoms with van der Waals surface area (Å²) in [5.74, 6) is -0.226. The fourth-order valence-corrected chi connectivity index (χ4v) is 5.13. The highest BCUT2D eigenvalue weighted by molar-refractivity contribution is 6.31. The molecule has 2 amide bonds. The van der Waals surface area contributed by atoms with Gasteiger partial charge >= 0.3 is 6.09 Å². The van der Waals surface area contributed by atoms with E-state index in [2.05, 4.69) is 10.6 Å². The van der Waals surface area contributed by atoms with Crippen molar-refractivity contribution in [2.24, 2.45) is 0 Å². The van der Waals surface area contributed by atoms with E-state index >= 15 is 0 Å². The highest BCUT2D eigenvalue weighted by Crippen LogP contribution is 2.47. The van der Waals surface area contributed by atoms with E-state index < -0.39 is 35.0 Å². The van der Waals surface area contributed by atoms with E-state index in [1.165, 1.54) is 0 Å². The second kappa shape index (κ2) is 7.92. The zero-order chi connectivity index (χ0) is 23.3. The molecule has 9 heteroatoms. The lowest BCUT2D eigenvalue weighted by atomic mass is 9.60. The molecule has 3 N–H and O–H groups in total.